The number of nitrogens with one attached hydrogen (secondary N) is 2. The summed E-state index contributed by atoms with van der Waals surface area (Å²) in [6.07, 6.45) is 2.62. The Balaban J connectivity index is 1.38. The molecular weight excluding hydrogens is 394 g/mol. The second-order valence-electron chi connectivity index (χ2n) is 7.54. The minimum atomic E-state index is -0.683. The third-order valence-corrected chi connectivity index (χ3v) is 5.51. The predicted octanol–water partition coefficient (Wildman–Crippen LogP) is 2.28. The molecule has 0 bridgehead atoms. The van der Waals surface area contributed by atoms with Crippen LogP contribution >= 0.6 is 0 Å². The van der Waals surface area contributed by atoms with E-state index in [-0.39, 0.29) is 24.3 Å². The van der Waals surface area contributed by atoms with E-state index in [1.54, 1.807) is 0 Å². The maximum absolute atomic E-state index is 13.2. The lowest BCUT2D eigenvalue weighted by Crippen LogP contribution is -2.45. The quantitative estimate of drug-likeness (QED) is 0.612. The van der Waals surface area contributed by atoms with Crippen molar-refractivity contribution in [3.05, 3.63) is 78.1 Å². The van der Waals surface area contributed by atoms with Gasteiger partial charge in [-0.1, -0.05) is 60.7 Å². The van der Waals surface area contributed by atoms with Crippen LogP contribution in [0.2, 0.25) is 0 Å². The van der Waals surface area contributed by atoms with Gasteiger partial charge in [-0.05, 0) is 24.0 Å². The number of carbonyl (C=O) groups excluding carboxylic acids is 2. The highest BCUT2D eigenvalue weighted by molar-refractivity contribution is 5.98. The van der Waals surface area contributed by atoms with Gasteiger partial charge in [-0.3, -0.25) is 14.9 Å². The first-order chi connectivity index (χ1) is 15.2. The van der Waals surface area contributed by atoms with Gasteiger partial charge in [-0.2, -0.15) is 0 Å². The highest BCUT2D eigenvalue weighted by Gasteiger charge is 2.42. The van der Waals surface area contributed by atoms with Crippen molar-refractivity contribution in [3.63, 3.8) is 0 Å². The van der Waals surface area contributed by atoms with E-state index in [1.807, 2.05) is 60.7 Å². The number of amides is 2. The molecule has 2 aromatic carbocycles. The number of ether oxygens (including phenoxy) is 1. The van der Waals surface area contributed by atoms with Crippen LogP contribution in [-0.4, -0.2) is 39.8 Å². The summed E-state index contributed by atoms with van der Waals surface area (Å²) < 4.78 is 6.90. The van der Waals surface area contributed by atoms with Gasteiger partial charge in [-0.25, -0.2) is 9.67 Å². The second-order valence-corrected chi connectivity index (χ2v) is 7.54. The van der Waals surface area contributed by atoms with Crippen molar-refractivity contribution in [3.8, 4) is 0 Å². The molecule has 2 heterocycles. The molecule has 8 nitrogen and oxygen atoms in total. The minimum Gasteiger partial charge on any atom is -0.381 e. The second kappa shape index (κ2) is 9.53. The van der Waals surface area contributed by atoms with Gasteiger partial charge in [0, 0.05) is 19.8 Å². The average Bonchev–Trinajstić information content (AvgIpc) is 3.26. The molecule has 0 unspecified atom stereocenters. The van der Waals surface area contributed by atoms with Gasteiger partial charge in [0.15, 0.2) is 0 Å². The number of hydrogen-bond donors (Lipinski definition) is 2. The SMILES string of the molecule is O=C(Cn1cnc(NC(=O)C2(c3ccccc3)CCOCC2)n1)NCc1ccccc1. The lowest BCUT2D eigenvalue weighted by Gasteiger charge is -2.35. The van der Waals surface area contributed by atoms with E-state index in [0.29, 0.717) is 32.6 Å². The molecule has 3 aromatic rings. The van der Waals surface area contributed by atoms with E-state index >= 15 is 0 Å². The third-order valence-electron chi connectivity index (χ3n) is 5.51. The molecule has 1 saturated heterocycles. The van der Waals surface area contributed by atoms with Gasteiger partial charge < -0.3 is 10.1 Å². The number of benzene rings is 2. The lowest BCUT2D eigenvalue weighted by atomic mass is 9.73. The normalized spacial score (nSPS) is 15.2. The molecule has 2 N–H and O–H groups in total. The predicted molar refractivity (Wildman–Crippen MR) is 115 cm³/mol. The van der Waals surface area contributed by atoms with E-state index in [2.05, 4.69) is 20.7 Å². The molecule has 0 atom stereocenters. The molecule has 8 heteroatoms. The Bertz CT molecular complexity index is 1010. The molecule has 0 aliphatic carbocycles. The van der Waals surface area contributed by atoms with Gasteiger partial charge >= 0.3 is 0 Å². The van der Waals surface area contributed by atoms with Crippen molar-refractivity contribution in [2.24, 2.45) is 0 Å². The fraction of sp³-hybridized carbons (Fsp3) is 0.304. The van der Waals surface area contributed by atoms with Gasteiger partial charge in [0.05, 0.1) is 5.41 Å². The molecule has 0 spiro atoms. The van der Waals surface area contributed by atoms with Crippen LogP contribution in [0.3, 0.4) is 0 Å². The molecule has 4 rings (SSSR count). The first-order valence-electron chi connectivity index (χ1n) is 10.3. The van der Waals surface area contributed by atoms with Crippen LogP contribution in [0.15, 0.2) is 67.0 Å². The number of rotatable bonds is 7. The van der Waals surface area contributed by atoms with Crippen LogP contribution in [0.1, 0.15) is 24.0 Å². The molecular formula is C23H25N5O3. The lowest BCUT2D eigenvalue weighted by molar-refractivity contribution is -0.125. The summed E-state index contributed by atoms with van der Waals surface area (Å²) >= 11 is 0. The highest BCUT2D eigenvalue weighted by Crippen LogP contribution is 2.35. The molecule has 31 heavy (non-hydrogen) atoms. The largest absolute Gasteiger partial charge is 0.381 e. The van der Waals surface area contributed by atoms with E-state index in [0.717, 1.165) is 11.1 Å². The van der Waals surface area contributed by atoms with Gasteiger partial charge in [-0.15, -0.1) is 5.10 Å². The summed E-state index contributed by atoms with van der Waals surface area (Å²) in [6, 6.07) is 19.4. The molecule has 0 saturated carbocycles. The van der Waals surface area contributed by atoms with Crippen LogP contribution < -0.4 is 10.6 Å². The zero-order valence-corrected chi connectivity index (χ0v) is 17.2. The number of hydrogen-bond acceptors (Lipinski definition) is 5. The third kappa shape index (κ3) is 4.97. The number of aromatic nitrogens is 3. The van der Waals surface area contributed by atoms with Gasteiger partial charge in [0.2, 0.25) is 17.8 Å². The highest BCUT2D eigenvalue weighted by atomic mass is 16.5. The van der Waals surface area contributed by atoms with Gasteiger partial charge in [0.25, 0.3) is 0 Å². The van der Waals surface area contributed by atoms with Crippen LogP contribution in [0, 0.1) is 0 Å². The summed E-state index contributed by atoms with van der Waals surface area (Å²) in [5, 5.41) is 9.93. The minimum absolute atomic E-state index is 0.0212. The fourth-order valence-corrected chi connectivity index (χ4v) is 3.77. The molecule has 160 valence electrons. The maximum atomic E-state index is 13.2. The van der Waals surface area contributed by atoms with Crippen molar-refractivity contribution in [2.75, 3.05) is 18.5 Å². The Hall–Kier alpha value is -3.52. The standard InChI is InChI=1S/C23H25N5O3/c29-20(24-15-18-7-3-1-4-8-18)16-28-17-25-22(27-28)26-21(30)23(11-13-31-14-12-23)19-9-5-2-6-10-19/h1-10,17H,11-16H2,(H,24,29)(H,26,27,30). The number of nitrogens with zero attached hydrogens (tertiary/aromatic N) is 3. The van der Waals surface area contributed by atoms with Crippen LogP contribution in [-0.2, 0) is 32.8 Å². The molecule has 1 aliphatic heterocycles. The molecule has 2 amide bonds. The van der Waals surface area contributed by atoms with Crippen molar-refractivity contribution in [1.82, 2.24) is 20.1 Å². The van der Waals surface area contributed by atoms with Crippen molar-refractivity contribution in [2.45, 2.75) is 31.3 Å². The summed E-state index contributed by atoms with van der Waals surface area (Å²) in [6.45, 7) is 1.50. The Morgan fingerprint density at radius 1 is 1.00 bits per heavy atom. The summed E-state index contributed by atoms with van der Waals surface area (Å²) in [5.74, 6) is -0.159. The van der Waals surface area contributed by atoms with E-state index < -0.39 is 5.41 Å². The van der Waals surface area contributed by atoms with Crippen molar-refractivity contribution >= 4 is 17.8 Å². The van der Waals surface area contributed by atoms with E-state index in [1.165, 1.54) is 11.0 Å². The summed E-state index contributed by atoms with van der Waals surface area (Å²) in [4.78, 5) is 29.6. The maximum Gasteiger partial charge on any atom is 0.248 e. The number of anilines is 1. The first kappa shape index (κ1) is 20.7. The van der Waals surface area contributed by atoms with Crippen molar-refractivity contribution < 1.29 is 14.3 Å². The molecule has 0 radical (unpaired) electrons. The molecule has 1 fully saturated rings. The summed E-state index contributed by atoms with van der Waals surface area (Å²) in [7, 11) is 0. The average molecular weight is 419 g/mol. The number of carbonyl (C=O) groups is 2. The Kier molecular flexibility index (Phi) is 6.37. The van der Waals surface area contributed by atoms with Crippen LogP contribution in [0.25, 0.3) is 0 Å². The summed E-state index contributed by atoms with van der Waals surface area (Å²) in [5.41, 5.74) is 1.29. The van der Waals surface area contributed by atoms with E-state index in [4.69, 9.17) is 4.74 Å². The topological polar surface area (TPSA) is 98.1 Å². The monoisotopic (exact) mass is 419 g/mol. The smallest absolute Gasteiger partial charge is 0.248 e. The van der Waals surface area contributed by atoms with E-state index in [9.17, 15) is 9.59 Å². The zero-order chi connectivity index (χ0) is 21.5. The Morgan fingerprint density at radius 3 is 2.39 bits per heavy atom. The first-order valence-corrected chi connectivity index (χ1v) is 10.3. The molecule has 1 aliphatic rings. The van der Waals surface area contributed by atoms with Crippen LogP contribution in [0.4, 0.5) is 5.95 Å². The Morgan fingerprint density at radius 2 is 1.68 bits per heavy atom. The fourth-order valence-electron chi connectivity index (χ4n) is 3.77. The van der Waals surface area contributed by atoms with Gasteiger partial charge in [0.1, 0.15) is 12.9 Å². The van der Waals surface area contributed by atoms with Crippen molar-refractivity contribution in [1.29, 1.82) is 0 Å². The van der Waals surface area contributed by atoms with Crippen LogP contribution in [0.5, 0.6) is 0 Å². The molecule has 1 aromatic heterocycles. The zero-order valence-electron chi connectivity index (χ0n) is 17.2. The Labute approximate surface area is 180 Å².